The Kier molecular flexibility index (Phi) is 2.28. The first-order valence-electron chi connectivity index (χ1n) is 5.20. The fourth-order valence-electron chi connectivity index (χ4n) is 1.30. The number of carbonyl (C=O) groups is 1. The van der Waals surface area contributed by atoms with E-state index in [-0.39, 0.29) is 11.4 Å². The third-order valence-electron chi connectivity index (χ3n) is 2.96. The largest absolute Gasteiger partial charge is 0.355 e. The van der Waals surface area contributed by atoms with E-state index in [4.69, 9.17) is 0 Å². The van der Waals surface area contributed by atoms with Gasteiger partial charge in [0.05, 0.1) is 6.54 Å². The molecule has 2 aliphatic rings. The molecule has 2 aliphatic carbocycles. The van der Waals surface area contributed by atoms with Gasteiger partial charge < -0.3 is 10.6 Å². The summed E-state index contributed by atoms with van der Waals surface area (Å²) in [5.41, 5.74) is 0.275. The maximum atomic E-state index is 11.3. The highest BCUT2D eigenvalue weighted by Crippen LogP contribution is 2.33. The van der Waals surface area contributed by atoms with E-state index in [1.54, 1.807) is 0 Å². The topological polar surface area (TPSA) is 41.1 Å². The van der Waals surface area contributed by atoms with Gasteiger partial charge in [-0.2, -0.15) is 0 Å². The van der Waals surface area contributed by atoms with E-state index < -0.39 is 0 Å². The van der Waals surface area contributed by atoms with E-state index in [9.17, 15) is 4.79 Å². The fourth-order valence-corrected chi connectivity index (χ4v) is 1.30. The first-order valence-corrected chi connectivity index (χ1v) is 5.20. The van der Waals surface area contributed by atoms with E-state index in [2.05, 4.69) is 17.6 Å². The quantitative estimate of drug-likeness (QED) is 0.655. The monoisotopic (exact) mass is 182 g/mol. The number of hydrogen-bond acceptors (Lipinski definition) is 2. The maximum Gasteiger partial charge on any atom is 0.233 e. The van der Waals surface area contributed by atoms with Crippen molar-refractivity contribution in [1.29, 1.82) is 0 Å². The summed E-state index contributed by atoms with van der Waals surface area (Å²) in [5.74, 6) is 0.931. The molecule has 0 aromatic carbocycles. The number of carbonyl (C=O) groups excluding carboxylic acids is 1. The minimum atomic E-state index is 0.153. The SMILES string of the molecule is CC1(NCC(=O)NCC2CC2)CC1. The summed E-state index contributed by atoms with van der Waals surface area (Å²) in [4.78, 5) is 11.3. The van der Waals surface area contributed by atoms with Gasteiger partial charge >= 0.3 is 0 Å². The molecule has 0 aliphatic heterocycles. The molecule has 3 nitrogen and oxygen atoms in total. The highest BCUT2D eigenvalue weighted by molar-refractivity contribution is 5.78. The second-order valence-corrected chi connectivity index (χ2v) is 4.66. The molecule has 2 saturated carbocycles. The van der Waals surface area contributed by atoms with E-state index in [0.717, 1.165) is 12.5 Å². The molecule has 0 unspecified atom stereocenters. The van der Waals surface area contributed by atoms with Gasteiger partial charge in [-0.3, -0.25) is 4.79 Å². The Morgan fingerprint density at radius 1 is 1.46 bits per heavy atom. The summed E-state index contributed by atoms with van der Waals surface area (Å²) in [6, 6.07) is 0. The molecule has 0 aromatic rings. The third-order valence-corrected chi connectivity index (χ3v) is 2.96. The van der Waals surface area contributed by atoms with Crippen molar-refractivity contribution in [1.82, 2.24) is 10.6 Å². The van der Waals surface area contributed by atoms with Gasteiger partial charge in [-0.05, 0) is 38.5 Å². The normalized spacial score (nSPS) is 24.1. The van der Waals surface area contributed by atoms with Crippen molar-refractivity contribution in [3.05, 3.63) is 0 Å². The first-order chi connectivity index (χ1) is 6.18. The summed E-state index contributed by atoms with van der Waals surface area (Å²) in [6.07, 6.45) is 5.02. The maximum absolute atomic E-state index is 11.3. The molecular weight excluding hydrogens is 164 g/mol. The van der Waals surface area contributed by atoms with Crippen LogP contribution in [-0.4, -0.2) is 24.5 Å². The van der Waals surface area contributed by atoms with Crippen LogP contribution in [0.1, 0.15) is 32.6 Å². The van der Waals surface area contributed by atoms with E-state index in [0.29, 0.717) is 6.54 Å². The van der Waals surface area contributed by atoms with Gasteiger partial charge in [0.15, 0.2) is 0 Å². The number of rotatable bonds is 5. The van der Waals surface area contributed by atoms with Crippen molar-refractivity contribution < 1.29 is 4.79 Å². The van der Waals surface area contributed by atoms with E-state index >= 15 is 0 Å². The Morgan fingerprint density at radius 2 is 2.15 bits per heavy atom. The highest BCUT2D eigenvalue weighted by Gasteiger charge is 2.36. The van der Waals surface area contributed by atoms with Crippen LogP contribution in [0.3, 0.4) is 0 Å². The Hall–Kier alpha value is -0.570. The van der Waals surface area contributed by atoms with Crippen LogP contribution < -0.4 is 10.6 Å². The molecule has 0 bridgehead atoms. The lowest BCUT2D eigenvalue weighted by atomic mass is 10.3. The van der Waals surface area contributed by atoms with Crippen LogP contribution in [0.2, 0.25) is 0 Å². The van der Waals surface area contributed by atoms with E-state index in [1.165, 1.54) is 25.7 Å². The van der Waals surface area contributed by atoms with Crippen molar-refractivity contribution in [2.75, 3.05) is 13.1 Å². The molecule has 2 N–H and O–H groups in total. The van der Waals surface area contributed by atoms with Crippen molar-refractivity contribution in [2.24, 2.45) is 5.92 Å². The summed E-state index contributed by atoms with van der Waals surface area (Å²) in [6.45, 7) is 3.54. The van der Waals surface area contributed by atoms with Crippen LogP contribution in [0.4, 0.5) is 0 Å². The zero-order chi connectivity index (χ0) is 9.31. The molecule has 0 saturated heterocycles. The molecule has 2 fully saturated rings. The molecule has 0 heterocycles. The first kappa shape index (κ1) is 9.00. The van der Waals surface area contributed by atoms with Crippen molar-refractivity contribution in [2.45, 2.75) is 38.1 Å². The average molecular weight is 182 g/mol. The summed E-state index contributed by atoms with van der Waals surface area (Å²) in [5, 5.41) is 6.21. The molecule has 0 radical (unpaired) electrons. The Balaban J connectivity index is 1.55. The van der Waals surface area contributed by atoms with Crippen LogP contribution >= 0.6 is 0 Å². The van der Waals surface area contributed by atoms with Gasteiger partial charge in [-0.25, -0.2) is 0 Å². The van der Waals surface area contributed by atoms with Crippen molar-refractivity contribution in [3.63, 3.8) is 0 Å². The Labute approximate surface area is 79.3 Å². The highest BCUT2D eigenvalue weighted by atomic mass is 16.1. The number of hydrogen-bond donors (Lipinski definition) is 2. The van der Waals surface area contributed by atoms with Crippen molar-refractivity contribution >= 4 is 5.91 Å². The number of amides is 1. The smallest absolute Gasteiger partial charge is 0.233 e. The molecule has 74 valence electrons. The lowest BCUT2D eigenvalue weighted by Crippen LogP contribution is -2.39. The zero-order valence-electron chi connectivity index (χ0n) is 8.23. The standard InChI is InChI=1S/C10H18N2O/c1-10(4-5-10)12-7-9(13)11-6-8-2-3-8/h8,12H,2-7H2,1H3,(H,11,13). The Bertz CT molecular complexity index is 207. The van der Waals surface area contributed by atoms with Gasteiger partial charge in [0, 0.05) is 12.1 Å². The van der Waals surface area contributed by atoms with Gasteiger partial charge in [0.1, 0.15) is 0 Å². The molecule has 13 heavy (non-hydrogen) atoms. The molecule has 1 amide bonds. The predicted molar refractivity (Wildman–Crippen MR) is 51.4 cm³/mol. The van der Waals surface area contributed by atoms with Crippen LogP contribution in [0, 0.1) is 5.92 Å². The predicted octanol–water partition coefficient (Wildman–Crippen LogP) is 0.655. The van der Waals surface area contributed by atoms with Crippen molar-refractivity contribution in [3.8, 4) is 0 Å². The second-order valence-electron chi connectivity index (χ2n) is 4.66. The molecule has 0 atom stereocenters. The van der Waals surface area contributed by atoms with Gasteiger partial charge in [0.2, 0.25) is 5.91 Å². The average Bonchev–Trinajstić information content (AvgIpc) is 2.95. The van der Waals surface area contributed by atoms with Crippen LogP contribution in [0.25, 0.3) is 0 Å². The lowest BCUT2D eigenvalue weighted by Gasteiger charge is -2.10. The fraction of sp³-hybridized carbons (Fsp3) is 0.900. The van der Waals surface area contributed by atoms with E-state index in [1.807, 2.05) is 0 Å². The zero-order valence-corrected chi connectivity index (χ0v) is 8.23. The van der Waals surface area contributed by atoms with Gasteiger partial charge in [0.25, 0.3) is 0 Å². The third kappa shape index (κ3) is 2.99. The van der Waals surface area contributed by atoms with Crippen LogP contribution in [0.15, 0.2) is 0 Å². The second kappa shape index (κ2) is 3.29. The van der Waals surface area contributed by atoms with Gasteiger partial charge in [-0.15, -0.1) is 0 Å². The number of nitrogens with one attached hydrogen (secondary N) is 2. The minimum Gasteiger partial charge on any atom is -0.355 e. The lowest BCUT2D eigenvalue weighted by molar-refractivity contribution is -0.120. The minimum absolute atomic E-state index is 0.153. The Morgan fingerprint density at radius 3 is 2.69 bits per heavy atom. The molecule has 3 heteroatoms. The van der Waals surface area contributed by atoms with Gasteiger partial charge in [-0.1, -0.05) is 0 Å². The molecule has 0 aromatic heterocycles. The summed E-state index contributed by atoms with van der Waals surface area (Å²) >= 11 is 0. The summed E-state index contributed by atoms with van der Waals surface area (Å²) in [7, 11) is 0. The molecule has 0 spiro atoms. The summed E-state index contributed by atoms with van der Waals surface area (Å²) < 4.78 is 0. The van der Waals surface area contributed by atoms with Crippen LogP contribution in [0.5, 0.6) is 0 Å². The van der Waals surface area contributed by atoms with Crippen LogP contribution in [-0.2, 0) is 4.79 Å². The molecule has 2 rings (SSSR count). The molecular formula is C10H18N2O.